The number of ether oxygens (including phenoxy) is 5. The molecule has 1 atom stereocenters. The van der Waals surface area contributed by atoms with Gasteiger partial charge in [-0.15, -0.1) is 0 Å². The second kappa shape index (κ2) is 25.3. The number of phenols is 3. The van der Waals surface area contributed by atoms with Crippen LogP contribution in [0, 0.1) is 5.92 Å². The summed E-state index contributed by atoms with van der Waals surface area (Å²) in [6.07, 6.45) is 4.26. The van der Waals surface area contributed by atoms with E-state index in [-0.39, 0.29) is 125 Å². The van der Waals surface area contributed by atoms with E-state index in [1.807, 2.05) is 43.3 Å². The number of anilines is 3. The molecule has 424 valence electrons. The summed E-state index contributed by atoms with van der Waals surface area (Å²) in [6, 6.07) is 36.7. The number of rotatable bonds is 17. The number of phenolic OH excluding ortho intramolecular Hbond substituents is 3. The third-order valence-corrected chi connectivity index (χ3v) is 14.6. The summed E-state index contributed by atoms with van der Waals surface area (Å²) in [5, 5.41) is 33.3. The highest BCUT2D eigenvalue weighted by molar-refractivity contribution is 6.33. The summed E-state index contributed by atoms with van der Waals surface area (Å²) in [6.45, 7) is 8.63. The Kier molecular flexibility index (Phi) is 17.6. The summed E-state index contributed by atoms with van der Waals surface area (Å²) < 4.78 is 27.8. The quantitative estimate of drug-likeness (QED) is 0.0281. The van der Waals surface area contributed by atoms with Crippen LogP contribution in [0.4, 0.5) is 17.1 Å². The van der Waals surface area contributed by atoms with Gasteiger partial charge < -0.3 is 56.2 Å². The van der Waals surface area contributed by atoms with Crippen molar-refractivity contribution in [3.8, 4) is 40.2 Å². The van der Waals surface area contributed by atoms with Gasteiger partial charge in [-0.25, -0.2) is 0 Å². The lowest BCUT2D eigenvalue weighted by Gasteiger charge is -2.23. The van der Waals surface area contributed by atoms with Crippen molar-refractivity contribution in [2.75, 3.05) is 56.8 Å². The van der Waals surface area contributed by atoms with Crippen molar-refractivity contribution in [1.82, 2.24) is 0 Å². The third kappa shape index (κ3) is 11.6. The molecule has 0 spiro atoms. The second-order valence-electron chi connectivity index (χ2n) is 19.8. The molecule has 0 heterocycles. The molecule has 17 heteroatoms. The fourth-order valence-corrected chi connectivity index (χ4v) is 10.2. The monoisotopic (exact) mass is 1120 g/mol. The Labute approximate surface area is 478 Å². The molecule has 8 aromatic rings. The molecular formula is C66H61N3O14. The van der Waals surface area contributed by atoms with Crippen molar-refractivity contribution < 1.29 is 67.8 Å². The molecule has 1 unspecified atom stereocenters. The van der Waals surface area contributed by atoms with Gasteiger partial charge in [-0.1, -0.05) is 136 Å². The highest BCUT2D eigenvalue weighted by Crippen LogP contribution is 2.45. The lowest BCUT2D eigenvalue weighted by molar-refractivity contribution is 0.0405. The number of nitrogen functional groups attached to an aromatic ring is 3. The lowest BCUT2D eigenvalue weighted by atomic mass is 9.82. The number of hydrogen-bond acceptors (Lipinski definition) is 17. The molecule has 0 saturated carbocycles. The van der Waals surface area contributed by atoms with Crippen LogP contribution in [0.1, 0.15) is 142 Å². The first-order valence-electron chi connectivity index (χ1n) is 27.2. The van der Waals surface area contributed by atoms with Crippen LogP contribution in [0.15, 0.2) is 133 Å². The number of hydrogen-bond donors (Lipinski definition) is 6. The summed E-state index contributed by atoms with van der Waals surface area (Å²) in [5.41, 5.74) is 20.1. The maximum Gasteiger partial charge on any atom is 0.198 e. The zero-order valence-corrected chi connectivity index (χ0v) is 45.9. The first-order valence-corrected chi connectivity index (χ1v) is 27.2. The van der Waals surface area contributed by atoms with Crippen molar-refractivity contribution in [3.05, 3.63) is 200 Å². The van der Waals surface area contributed by atoms with Gasteiger partial charge in [-0.3, -0.25) is 28.8 Å². The van der Waals surface area contributed by atoms with Gasteiger partial charge in [0.25, 0.3) is 0 Å². The first kappa shape index (κ1) is 57.8. The molecule has 0 amide bonds. The Bertz CT molecular complexity index is 3890. The third-order valence-electron chi connectivity index (χ3n) is 14.6. The summed E-state index contributed by atoms with van der Waals surface area (Å²) in [7, 11) is 0. The average Bonchev–Trinajstić information content (AvgIpc) is 3.13. The number of carbonyl (C=O) groups excluding carboxylic acids is 6. The van der Waals surface area contributed by atoms with Crippen LogP contribution in [0.25, 0.3) is 10.8 Å². The van der Waals surface area contributed by atoms with E-state index in [0.717, 1.165) is 36.5 Å². The predicted molar refractivity (Wildman–Crippen MR) is 313 cm³/mol. The van der Waals surface area contributed by atoms with Gasteiger partial charge in [-0.2, -0.15) is 0 Å². The Balaban J connectivity index is 0.000000150. The number of aromatic hydroxyl groups is 3. The Morgan fingerprint density at radius 2 is 0.807 bits per heavy atom. The number of carbonyl (C=O) groups is 6. The zero-order valence-electron chi connectivity index (χ0n) is 45.9. The molecule has 9 N–H and O–H groups in total. The first-order chi connectivity index (χ1) is 40.1. The molecule has 0 aliphatic heterocycles. The van der Waals surface area contributed by atoms with E-state index >= 15 is 0 Å². The van der Waals surface area contributed by atoms with Crippen LogP contribution in [-0.4, -0.2) is 89.7 Å². The van der Waals surface area contributed by atoms with E-state index in [2.05, 4.69) is 13.8 Å². The van der Waals surface area contributed by atoms with E-state index in [9.17, 15) is 44.1 Å². The highest BCUT2D eigenvalue weighted by Gasteiger charge is 2.38. The molecule has 0 radical (unpaired) electrons. The SMILES string of the molecule is CCCCC(CC)COc1cc(O)c2c(c1N)C(=O)c1ccccc1C2=O.CCOCCOCCOc1cc(O)c2c(c1N)C(=O)c1ccccc1C2=O.Nc1c(Oc2ccc3ccccc3c2)cc(O)c2c1C(=O)c1ccccc1C2=O. The Hall–Kier alpha value is -9.84. The van der Waals surface area contributed by atoms with E-state index in [4.69, 9.17) is 40.9 Å². The normalized spacial score (nSPS) is 13.0. The van der Waals surface area contributed by atoms with Crippen molar-refractivity contribution in [3.63, 3.8) is 0 Å². The van der Waals surface area contributed by atoms with Crippen molar-refractivity contribution in [1.29, 1.82) is 0 Å². The summed E-state index contributed by atoms with van der Waals surface area (Å²) in [5.74, 6) is -2.00. The van der Waals surface area contributed by atoms with E-state index < -0.39 is 28.9 Å². The Morgan fingerprint density at radius 3 is 1.25 bits per heavy atom. The lowest BCUT2D eigenvalue weighted by Crippen LogP contribution is -2.23. The molecular weight excluding hydrogens is 1060 g/mol. The largest absolute Gasteiger partial charge is 0.507 e. The maximum absolute atomic E-state index is 13.0. The van der Waals surface area contributed by atoms with Gasteiger partial charge in [0.1, 0.15) is 41.1 Å². The number of ketones is 6. The Morgan fingerprint density at radius 1 is 0.422 bits per heavy atom. The molecule has 0 fully saturated rings. The molecule has 0 bridgehead atoms. The molecule has 0 saturated heterocycles. The van der Waals surface area contributed by atoms with Gasteiger partial charge in [0.2, 0.25) is 0 Å². The van der Waals surface area contributed by atoms with Crippen LogP contribution in [0.2, 0.25) is 0 Å². The second-order valence-corrected chi connectivity index (χ2v) is 19.8. The highest BCUT2D eigenvalue weighted by atomic mass is 16.5. The van der Waals surface area contributed by atoms with Crippen LogP contribution >= 0.6 is 0 Å². The average molecular weight is 1120 g/mol. The molecule has 83 heavy (non-hydrogen) atoms. The van der Waals surface area contributed by atoms with Crippen LogP contribution in [0.3, 0.4) is 0 Å². The van der Waals surface area contributed by atoms with Crippen molar-refractivity contribution in [2.24, 2.45) is 5.92 Å². The van der Waals surface area contributed by atoms with Gasteiger partial charge in [-0.05, 0) is 42.2 Å². The molecule has 3 aliphatic rings. The number of fused-ring (bicyclic) bond motifs is 7. The van der Waals surface area contributed by atoms with E-state index in [1.165, 1.54) is 18.2 Å². The minimum Gasteiger partial charge on any atom is -0.507 e. The standard InChI is InChI=1S/C24H15NO4.C22H25NO4.C20H21NO6/c25-22-19(29-15-10-9-13-5-1-2-6-14(13)11-15)12-18(26)20-21(22)24(28)17-8-4-3-7-16(17)23(20)27;1-3-5-8-13(4-2)12-27-17-11-16(24)18-19(20(17)23)22(26)15-10-7-6-9-14(15)21(18)25;1-2-25-7-8-26-9-10-27-15-11-14(22)16-17(18(15)21)20(24)13-6-4-3-5-12(13)19(16)23/h1-12,26H,25H2;6-7,9-11,13,24H,3-5,8,12,23H2,1-2H3;3-6,11,22H,2,7-10,21H2,1H3. The smallest absolute Gasteiger partial charge is 0.198 e. The predicted octanol–water partition coefficient (Wildman–Crippen LogP) is 11.2. The van der Waals surface area contributed by atoms with Crippen molar-refractivity contribution >= 4 is 62.5 Å². The molecule has 8 aromatic carbocycles. The number of benzene rings is 8. The minimum absolute atomic E-state index is 0.0223. The summed E-state index contributed by atoms with van der Waals surface area (Å²) >= 11 is 0. The molecule has 0 aromatic heterocycles. The van der Waals surface area contributed by atoms with Gasteiger partial charge >= 0.3 is 0 Å². The number of unbranched alkanes of at least 4 members (excludes halogenated alkanes) is 1. The minimum atomic E-state index is -0.435. The topological polar surface area (TPSA) is 287 Å². The number of nitrogens with two attached hydrogens (primary N) is 3. The molecule has 3 aliphatic carbocycles. The zero-order chi connectivity index (χ0) is 59.1. The van der Waals surface area contributed by atoms with Crippen LogP contribution < -0.4 is 31.4 Å². The fraction of sp³-hybridized carbons (Fsp3) is 0.212. The van der Waals surface area contributed by atoms with Crippen LogP contribution in [-0.2, 0) is 9.47 Å². The fourth-order valence-electron chi connectivity index (χ4n) is 10.2. The molecule has 17 nitrogen and oxygen atoms in total. The summed E-state index contributed by atoms with van der Waals surface area (Å²) in [4.78, 5) is 77.0. The van der Waals surface area contributed by atoms with Crippen LogP contribution in [0.5, 0.6) is 40.2 Å². The van der Waals surface area contributed by atoms with E-state index in [0.29, 0.717) is 50.3 Å². The molecule has 11 rings (SSSR count). The van der Waals surface area contributed by atoms with Crippen molar-refractivity contribution in [2.45, 2.75) is 46.5 Å². The van der Waals surface area contributed by atoms with Gasteiger partial charge in [0, 0.05) is 58.2 Å². The van der Waals surface area contributed by atoms with Gasteiger partial charge in [0.05, 0.1) is 76.9 Å². The van der Waals surface area contributed by atoms with Gasteiger partial charge in [0.15, 0.2) is 40.4 Å². The maximum atomic E-state index is 13.0. The van der Waals surface area contributed by atoms with E-state index in [1.54, 1.807) is 78.9 Å².